The Labute approximate surface area is 87.6 Å². The van der Waals surface area contributed by atoms with Gasteiger partial charge in [-0.15, -0.1) is 11.3 Å². The lowest BCUT2D eigenvalue weighted by Crippen LogP contribution is -2.31. The van der Waals surface area contributed by atoms with Gasteiger partial charge in [0.1, 0.15) is 5.01 Å². The summed E-state index contributed by atoms with van der Waals surface area (Å²) in [5.41, 5.74) is 1.02. The molecule has 0 saturated heterocycles. The molecule has 1 rings (SSSR count). The third-order valence-corrected chi connectivity index (χ3v) is 3.02. The van der Waals surface area contributed by atoms with Crippen LogP contribution >= 0.6 is 11.3 Å². The molecule has 0 spiro atoms. The van der Waals surface area contributed by atoms with E-state index in [1.54, 1.807) is 11.3 Å². The molecule has 0 radical (unpaired) electrons. The van der Waals surface area contributed by atoms with E-state index in [1.165, 1.54) is 0 Å². The van der Waals surface area contributed by atoms with E-state index in [4.69, 9.17) is 10.2 Å². The Balaban J connectivity index is 2.39. The van der Waals surface area contributed by atoms with Crippen molar-refractivity contribution < 1.29 is 10.2 Å². The number of rotatable bonds is 5. The molecule has 1 aromatic heterocycles. The number of nitrogens with one attached hydrogen (secondary N) is 1. The smallest absolute Gasteiger partial charge is 0.110 e. The normalized spacial score (nSPS) is 15.4. The minimum atomic E-state index is -0.696. The van der Waals surface area contributed by atoms with Gasteiger partial charge in [-0.2, -0.15) is 0 Å². The molecule has 5 heteroatoms. The number of aromatic nitrogens is 1. The van der Waals surface area contributed by atoms with E-state index in [0.717, 1.165) is 10.7 Å². The molecule has 4 nitrogen and oxygen atoms in total. The van der Waals surface area contributed by atoms with Crippen molar-refractivity contribution in [3.63, 3.8) is 0 Å². The van der Waals surface area contributed by atoms with Crippen LogP contribution < -0.4 is 5.32 Å². The summed E-state index contributed by atoms with van der Waals surface area (Å²) in [6.07, 6.45) is -0.696. The number of hydrogen-bond donors (Lipinski definition) is 3. The van der Waals surface area contributed by atoms with E-state index in [0.29, 0.717) is 6.54 Å². The number of thiazole rings is 1. The van der Waals surface area contributed by atoms with Gasteiger partial charge >= 0.3 is 0 Å². The van der Waals surface area contributed by atoms with Gasteiger partial charge in [-0.1, -0.05) is 0 Å². The topological polar surface area (TPSA) is 65.4 Å². The average Bonchev–Trinajstić information content (AvgIpc) is 2.60. The number of nitrogens with zero attached hydrogens (tertiary/aromatic N) is 1. The molecule has 2 atom stereocenters. The lowest BCUT2D eigenvalue weighted by Gasteiger charge is -2.13. The Morgan fingerprint density at radius 1 is 1.64 bits per heavy atom. The molecular formula is C9H16N2O2S. The van der Waals surface area contributed by atoms with Crippen molar-refractivity contribution >= 4 is 11.3 Å². The van der Waals surface area contributed by atoms with Gasteiger partial charge in [-0.05, 0) is 13.8 Å². The Hall–Kier alpha value is -0.490. The molecule has 0 bridgehead atoms. The summed E-state index contributed by atoms with van der Waals surface area (Å²) in [6.45, 7) is 4.12. The Morgan fingerprint density at radius 3 is 2.86 bits per heavy atom. The molecule has 0 aliphatic heterocycles. The third kappa shape index (κ3) is 3.34. The van der Waals surface area contributed by atoms with Crippen LogP contribution in [0.5, 0.6) is 0 Å². The van der Waals surface area contributed by atoms with Gasteiger partial charge in [-0.25, -0.2) is 4.98 Å². The van der Waals surface area contributed by atoms with Crippen molar-refractivity contribution in [3.05, 3.63) is 16.1 Å². The molecule has 80 valence electrons. The van der Waals surface area contributed by atoms with Crippen LogP contribution in [0, 0.1) is 6.92 Å². The minimum Gasteiger partial charge on any atom is -0.394 e. The first kappa shape index (κ1) is 11.6. The predicted octanol–water partition coefficient (Wildman–Crippen LogP) is 0.455. The van der Waals surface area contributed by atoms with E-state index in [-0.39, 0.29) is 12.6 Å². The molecule has 3 N–H and O–H groups in total. The standard InChI is InChI=1S/C9H16N2O2S/c1-6-5-14-9(11-6)7(2)10-3-8(13)4-12/h5,7-8,10,12-13H,3-4H2,1-2H3/t7?,8-/m0/s1. The van der Waals surface area contributed by atoms with Gasteiger partial charge in [-0.3, -0.25) is 0 Å². The maximum atomic E-state index is 9.13. The maximum Gasteiger partial charge on any atom is 0.110 e. The van der Waals surface area contributed by atoms with Crippen LogP contribution in [0.25, 0.3) is 0 Å². The Bertz CT molecular complexity index is 278. The summed E-state index contributed by atoms with van der Waals surface area (Å²) in [6, 6.07) is 0.120. The average molecular weight is 216 g/mol. The van der Waals surface area contributed by atoms with Gasteiger partial charge < -0.3 is 15.5 Å². The van der Waals surface area contributed by atoms with Crippen LogP contribution in [0.4, 0.5) is 0 Å². The van der Waals surface area contributed by atoms with Crippen LogP contribution in [0.2, 0.25) is 0 Å². The summed E-state index contributed by atoms with van der Waals surface area (Å²) >= 11 is 1.60. The molecule has 1 unspecified atom stereocenters. The van der Waals surface area contributed by atoms with Crippen LogP contribution in [0.3, 0.4) is 0 Å². The van der Waals surface area contributed by atoms with E-state index in [1.807, 2.05) is 19.2 Å². The van der Waals surface area contributed by atoms with E-state index >= 15 is 0 Å². The van der Waals surface area contributed by atoms with Crippen molar-refractivity contribution in [1.29, 1.82) is 0 Å². The van der Waals surface area contributed by atoms with E-state index in [2.05, 4.69) is 10.3 Å². The van der Waals surface area contributed by atoms with E-state index < -0.39 is 6.10 Å². The van der Waals surface area contributed by atoms with E-state index in [9.17, 15) is 0 Å². The summed E-state index contributed by atoms with van der Waals surface area (Å²) in [5, 5.41) is 23.9. The van der Waals surface area contributed by atoms with Crippen LogP contribution in [0.1, 0.15) is 23.7 Å². The van der Waals surface area contributed by atoms with Crippen LogP contribution in [0.15, 0.2) is 5.38 Å². The molecule has 0 saturated carbocycles. The van der Waals surface area contributed by atoms with Gasteiger partial charge in [0, 0.05) is 17.6 Å². The molecule has 0 amide bonds. The lowest BCUT2D eigenvalue weighted by atomic mass is 10.3. The predicted molar refractivity (Wildman–Crippen MR) is 56.4 cm³/mol. The Kier molecular flexibility index (Phi) is 4.47. The molecule has 0 aliphatic rings. The fraction of sp³-hybridized carbons (Fsp3) is 0.667. The van der Waals surface area contributed by atoms with Crippen molar-refractivity contribution in [1.82, 2.24) is 10.3 Å². The zero-order chi connectivity index (χ0) is 10.6. The molecule has 14 heavy (non-hydrogen) atoms. The van der Waals surface area contributed by atoms with Gasteiger partial charge in [0.25, 0.3) is 0 Å². The second-order valence-electron chi connectivity index (χ2n) is 3.29. The minimum absolute atomic E-state index is 0.120. The summed E-state index contributed by atoms with van der Waals surface area (Å²) in [4.78, 5) is 4.33. The SMILES string of the molecule is Cc1csc(C(C)NC[C@H](O)CO)n1. The molecule has 0 fully saturated rings. The lowest BCUT2D eigenvalue weighted by molar-refractivity contribution is 0.0924. The molecule has 0 aromatic carbocycles. The highest BCUT2D eigenvalue weighted by molar-refractivity contribution is 7.09. The van der Waals surface area contributed by atoms with Crippen LogP contribution in [-0.4, -0.2) is 34.5 Å². The first-order valence-corrected chi connectivity index (χ1v) is 5.45. The fourth-order valence-electron chi connectivity index (χ4n) is 1.04. The second kappa shape index (κ2) is 5.41. The summed E-state index contributed by atoms with van der Waals surface area (Å²) in [5.74, 6) is 0. The van der Waals surface area contributed by atoms with Crippen LogP contribution in [-0.2, 0) is 0 Å². The zero-order valence-electron chi connectivity index (χ0n) is 8.40. The number of aliphatic hydroxyl groups is 2. The number of aryl methyl sites for hydroxylation is 1. The molecule has 1 heterocycles. The highest BCUT2D eigenvalue weighted by Crippen LogP contribution is 2.16. The van der Waals surface area contributed by atoms with Crippen molar-refractivity contribution in [2.24, 2.45) is 0 Å². The number of hydrogen-bond acceptors (Lipinski definition) is 5. The first-order valence-electron chi connectivity index (χ1n) is 4.57. The molecule has 1 aromatic rings. The van der Waals surface area contributed by atoms with Gasteiger partial charge in [0.15, 0.2) is 0 Å². The zero-order valence-corrected chi connectivity index (χ0v) is 9.21. The quantitative estimate of drug-likeness (QED) is 0.669. The summed E-state index contributed by atoms with van der Waals surface area (Å²) in [7, 11) is 0. The largest absolute Gasteiger partial charge is 0.394 e. The van der Waals surface area contributed by atoms with Crippen molar-refractivity contribution in [2.45, 2.75) is 26.0 Å². The van der Waals surface area contributed by atoms with Crippen molar-refractivity contribution in [2.75, 3.05) is 13.2 Å². The van der Waals surface area contributed by atoms with Gasteiger partial charge in [0.2, 0.25) is 0 Å². The molecular weight excluding hydrogens is 200 g/mol. The monoisotopic (exact) mass is 216 g/mol. The second-order valence-corrected chi connectivity index (χ2v) is 4.18. The summed E-state index contributed by atoms with van der Waals surface area (Å²) < 4.78 is 0. The van der Waals surface area contributed by atoms with Gasteiger partial charge in [0.05, 0.1) is 18.8 Å². The fourth-order valence-corrected chi connectivity index (χ4v) is 1.86. The third-order valence-electron chi connectivity index (χ3n) is 1.88. The van der Waals surface area contributed by atoms with Crippen molar-refractivity contribution in [3.8, 4) is 0 Å². The molecule has 0 aliphatic carbocycles. The highest BCUT2D eigenvalue weighted by Gasteiger charge is 2.10. The first-order chi connectivity index (χ1) is 6.63. The maximum absolute atomic E-state index is 9.13. The highest BCUT2D eigenvalue weighted by atomic mass is 32.1. The Morgan fingerprint density at radius 2 is 2.36 bits per heavy atom. The number of aliphatic hydroxyl groups excluding tert-OH is 2.